The number of allylic oxidation sites excluding steroid dienone is 1. The van der Waals surface area contributed by atoms with Crippen LogP contribution in [0.2, 0.25) is 0 Å². The Kier molecular flexibility index (Phi) is 8.39. The maximum Gasteiger partial charge on any atom is 0.339 e. The van der Waals surface area contributed by atoms with Gasteiger partial charge in [-0.2, -0.15) is 0 Å². The molecule has 0 radical (unpaired) electrons. The molecular formula is C27H34N6O2. The minimum atomic E-state index is -0.337. The van der Waals surface area contributed by atoms with Crippen LogP contribution in [0.3, 0.4) is 0 Å². The Bertz CT molecular complexity index is 1180. The molecule has 0 atom stereocenters. The zero-order valence-electron chi connectivity index (χ0n) is 20.8. The van der Waals surface area contributed by atoms with Crippen LogP contribution in [0, 0.1) is 13.8 Å². The van der Waals surface area contributed by atoms with Crippen molar-refractivity contribution in [1.29, 1.82) is 0 Å². The largest absolute Gasteiger partial charge is 0.462 e. The smallest absolute Gasteiger partial charge is 0.339 e. The van der Waals surface area contributed by atoms with E-state index in [2.05, 4.69) is 30.2 Å². The zero-order valence-corrected chi connectivity index (χ0v) is 20.8. The van der Waals surface area contributed by atoms with Crippen molar-refractivity contribution in [3.05, 3.63) is 65.0 Å². The predicted octanol–water partition coefficient (Wildman–Crippen LogP) is 3.89. The molecule has 0 aromatic carbocycles. The number of pyridine rings is 2. The first-order valence-electron chi connectivity index (χ1n) is 12.2. The lowest BCUT2D eigenvalue weighted by Gasteiger charge is -2.26. The fourth-order valence-electron chi connectivity index (χ4n) is 4.20. The fourth-order valence-corrected chi connectivity index (χ4v) is 4.20. The van der Waals surface area contributed by atoms with Gasteiger partial charge in [-0.05, 0) is 75.6 Å². The van der Waals surface area contributed by atoms with Crippen LogP contribution in [-0.2, 0) is 4.74 Å². The van der Waals surface area contributed by atoms with E-state index in [1.54, 1.807) is 12.5 Å². The van der Waals surface area contributed by atoms with Gasteiger partial charge in [0, 0.05) is 43.8 Å². The lowest BCUT2D eigenvalue weighted by Crippen LogP contribution is -2.43. The molecule has 0 amide bonds. The summed E-state index contributed by atoms with van der Waals surface area (Å²) in [5.41, 5.74) is 6.58. The number of carbonyl (C=O) groups excluding carboxylic acids is 1. The van der Waals surface area contributed by atoms with Crippen molar-refractivity contribution in [2.75, 3.05) is 39.3 Å². The Morgan fingerprint density at radius 3 is 2.80 bits per heavy atom. The number of nitrogens with zero attached hydrogens (tertiary/aromatic N) is 4. The van der Waals surface area contributed by atoms with Gasteiger partial charge in [0.15, 0.2) is 0 Å². The highest BCUT2D eigenvalue weighted by Gasteiger charge is 2.14. The molecule has 184 valence electrons. The average molecular weight is 475 g/mol. The van der Waals surface area contributed by atoms with E-state index in [-0.39, 0.29) is 5.97 Å². The fraction of sp³-hybridized carbons (Fsp3) is 0.407. The number of nitrogens with one attached hydrogen (secondary N) is 2. The van der Waals surface area contributed by atoms with Crippen molar-refractivity contribution in [3.63, 3.8) is 0 Å². The molecule has 3 aromatic rings. The van der Waals surface area contributed by atoms with Gasteiger partial charge < -0.3 is 19.9 Å². The van der Waals surface area contributed by atoms with Crippen molar-refractivity contribution in [2.45, 2.75) is 33.6 Å². The molecule has 4 rings (SSSR count). The Morgan fingerprint density at radius 2 is 2.00 bits per heavy atom. The number of H-pyrrole nitrogens is 1. The number of unbranched alkanes of at least 4 members (excludes halogenated alkanes) is 1. The van der Waals surface area contributed by atoms with Gasteiger partial charge >= 0.3 is 5.97 Å². The van der Waals surface area contributed by atoms with Crippen molar-refractivity contribution in [1.82, 2.24) is 30.2 Å². The van der Waals surface area contributed by atoms with Gasteiger partial charge in [-0.1, -0.05) is 6.07 Å². The molecule has 0 aliphatic carbocycles. The summed E-state index contributed by atoms with van der Waals surface area (Å²) in [6.07, 6.45) is 7.14. The van der Waals surface area contributed by atoms with Crippen LogP contribution in [0.25, 0.3) is 23.0 Å². The highest BCUT2D eigenvalue weighted by atomic mass is 16.5. The average Bonchev–Trinajstić information content (AvgIpc) is 3.36. The first kappa shape index (κ1) is 24.8. The van der Waals surface area contributed by atoms with E-state index in [9.17, 15) is 4.79 Å². The van der Waals surface area contributed by atoms with Crippen LogP contribution in [0.1, 0.15) is 52.8 Å². The van der Waals surface area contributed by atoms with Gasteiger partial charge in [0.25, 0.3) is 0 Å². The van der Waals surface area contributed by atoms with Gasteiger partial charge in [-0.15, -0.1) is 0 Å². The van der Waals surface area contributed by atoms with Gasteiger partial charge in [0.05, 0.1) is 35.6 Å². The van der Waals surface area contributed by atoms with E-state index in [4.69, 9.17) is 4.74 Å². The maximum atomic E-state index is 12.6. The number of hydrogen-bond donors (Lipinski definition) is 2. The summed E-state index contributed by atoms with van der Waals surface area (Å²) in [7, 11) is 0. The van der Waals surface area contributed by atoms with E-state index >= 15 is 0 Å². The summed E-state index contributed by atoms with van der Waals surface area (Å²) < 4.78 is 5.52. The van der Waals surface area contributed by atoms with Gasteiger partial charge in [-0.3, -0.25) is 9.97 Å². The number of ether oxygens (including phenoxy) is 1. The lowest BCUT2D eigenvalue weighted by atomic mass is 10.0. The molecule has 35 heavy (non-hydrogen) atoms. The molecule has 8 heteroatoms. The molecule has 8 nitrogen and oxygen atoms in total. The van der Waals surface area contributed by atoms with Crippen molar-refractivity contribution >= 4 is 17.6 Å². The molecule has 1 aliphatic rings. The number of esters is 1. The number of aryl methyl sites for hydroxylation is 2. The van der Waals surface area contributed by atoms with Crippen LogP contribution in [0.4, 0.5) is 0 Å². The molecule has 1 aliphatic heterocycles. The van der Waals surface area contributed by atoms with Gasteiger partial charge in [0.1, 0.15) is 0 Å². The van der Waals surface area contributed by atoms with Gasteiger partial charge in [0.2, 0.25) is 0 Å². The number of aromatic nitrogens is 4. The lowest BCUT2D eigenvalue weighted by molar-refractivity contribution is 0.0494. The molecular weight excluding hydrogens is 440 g/mol. The molecule has 4 heterocycles. The Morgan fingerprint density at radius 1 is 1.17 bits per heavy atom. The second kappa shape index (κ2) is 11.9. The Balaban J connectivity index is 1.39. The summed E-state index contributed by atoms with van der Waals surface area (Å²) in [6, 6.07) is 7.75. The molecule has 1 fully saturated rings. The number of hydrogen-bond acceptors (Lipinski definition) is 7. The SMILES string of the molecule is C/C(=C\c1cc(C(=O)OCCCCN2CCNCC2)cnc1C)c1nc[nH]c1-c1cccc(C)n1. The second-order valence-electron chi connectivity index (χ2n) is 8.95. The third-order valence-corrected chi connectivity index (χ3v) is 6.20. The minimum absolute atomic E-state index is 0.337. The zero-order chi connectivity index (χ0) is 24.6. The van der Waals surface area contributed by atoms with Crippen LogP contribution in [0.15, 0.2) is 36.8 Å². The number of piperazine rings is 1. The quantitative estimate of drug-likeness (QED) is 0.359. The van der Waals surface area contributed by atoms with E-state index in [1.807, 2.05) is 51.1 Å². The molecule has 0 spiro atoms. The van der Waals surface area contributed by atoms with Crippen LogP contribution in [-0.4, -0.2) is 70.1 Å². The number of carbonyl (C=O) groups is 1. The summed E-state index contributed by atoms with van der Waals surface area (Å²) in [4.78, 5) is 31.8. The maximum absolute atomic E-state index is 12.6. The van der Waals surface area contributed by atoms with E-state index < -0.39 is 0 Å². The van der Waals surface area contributed by atoms with E-state index in [0.29, 0.717) is 12.2 Å². The highest BCUT2D eigenvalue weighted by molar-refractivity contribution is 5.91. The third kappa shape index (κ3) is 6.61. The van der Waals surface area contributed by atoms with Crippen molar-refractivity contribution in [2.24, 2.45) is 0 Å². The third-order valence-electron chi connectivity index (χ3n) is 6.20. The molecule has 0 unspecified atom stereocenters. The standard InChI is InChI=1S/C27H34N6O2/c1-19(25-26(31-18-30-25)24-8-6-7-20(2)32-24)15-22-16-23(17-29-21(22)3)27(34)35-14-5-4-11-33-12-9-28-10-13-33/h6-8,15-18,28H,4-5,9-14H2,1-3H3,(H,30,31)/b19-15+. The summed E-state index contributed by atoms with van der Waals surface area (Å²) in [5.74, 6) is -0.337. The molecule has 3 aromatic heterocycles. The number of aromatic amines is 1. The summed E-state index contributed by atoms with van der Waals surface area (Å²) >= 11 is 0. The number of imidazole rings is 1. The number of rotatable bonds is 9. The first-order valence-corrected chi connectivity index (χ1v) is 12.2. The van der Waals surface area contributed by atoms with Crippen LogP contribution >= 0.6 is 0 Å². The minimum Gasteiger partial charge on any atom is -0.462 e. The monoisotopic (exact) mass is 474 g/mol. The Hall–Kier alpha value is -3.36. The van der Waals surface area contributed by atoms with Crippen molar-refractivity contribution in [3.8, 4) is 11.4 Å². The van der Waals surface area contributed by atoms with E-state index in [0.717, 1.165) is 85.2 Å². The normalized spacial score (nSPS) is 14.8. The topological polar surface area (TPSA) is 96.0 Å². The Labute approximate surface area is 206 Å². The molecule has 2 N–H and O–H groups in total. The first-order chi connectivity index (χ1) is 17.0. The molecule has 0 bridgehead atoms. The molecule has 0 saturated carbocycles. The second-order valence-corrected chi connectivity index (χ2v) is 8.95. The summed E-state index contributed by atoms with van der Waals surface area (Å²) in [5, 5.41) is 3.36. The highest BCUT2D eigenvalue weighted by Crippen LogP contribution is 2.26. The van der Waals surface area contributed by atoms with E-state index in [1.165, 1.54) is 0 Å². The predicted molar refractivity (Wildman–Crippen MR) is 138 cm³/mol. The summed E-state index contributed by atoms with van der Waals surface area (Å²) in [6.45, 7) is 11.6. The van der Waals surface area contributed by atoms with Crippen molar-refractivity contribution < 1.29 is 9.53 Å². The van der Waals surface area contributed by atoms with Gasteiger partial charge in [-0.25, -0.2) is 9.78 Å². The van der Waals surface area contributed by atoms with Crippen LogP contribution < -0.4 is 5.32 Å². The molecule has 1 saturated heterocycles. The van der Waals surface area contributed by atoms with Crippen LogP contribution in [0.5, 0.6) is 0 Å².